The van der Waals surface area contributed by atoms with Gasteiger partial charge in [-0.2, -0.15) is 4.98 Å². The molecule has 2 aromatic heterocycles. The van der Waals surface area contributed by atoms with Crippen molar-refractivity contribution in [1.82, 2.24) is 9.55 Å². The second-order valence-corrected chi connectivity index (χ2v) is 6.87. The van der Waals surface area contributed by atoms with Crippen LogP contribution in [-0.4, -0.2) is 27.6 Å². The molecule has 0 saturated carbocycles. The Morgan fingerprint density at radius 2 is 1.83 bits per heavy atom. The molecule has 0 atom stereocenters. The van der Waals surface area contributed by atoms with Crippen molar-refractivity contribution in [2.45, 2.75) is 6.92 Å². The van der Waals surface area contributed by atoms with Gasteiger partial charge in [-0.3, -0.25) is 20.2 Å². The highest BCUT2D eigenvalue weighted by atomic mass is 35.5. The maximum absolute atomic E-state index is 13.5. The first-order chi connectivity index (χ1) is 14.0. The van der Waals surface area contributed by atoms with Crippen molar-refractivity contribution in [3.63, 3.8) is 0 Å². The van der Waals surface area contributed by atoms with E-state index in [2.05, 4.69) is 4.98 Å². The number of aromatic nitrogens is 2. The summed E-state index contributed by atoms with van der Waals surface area (Å²) in [7, 11) is 0. The van der Waals surface area contributed by atoms with E-state index in [1.165, 1.54) is 16.7 Å². The van der Waals surface area contributed by atoms with E-state index >= 15 is 0 Å². The van der Waals surface area contributed by atoms with Crippen LogP contribution in [0.2, 0.25) is 5.02 Å². The fourth-order valence-corrected chi connectivity index (χ4v) is 3.27. The zero-order valence-corrected chi connectivity index (χ0v) is 16.3. The van der Waals surface area contributed by atoms with Crippen LogP contribution >= 0.6 is 11.6 Å². The summed E-state index contributed by atoms with van der Waals surface area (Å²) < 4.78 is 7.03. The predicted octanol–water partition coefficient (Wildman–Crippen LogP) is 4.43. The predicted molar refractivity (Wildman–Crippen MR) is 116 cm³/mol. The third kappa shape index (κ3) is 3.50. The van der Waals surface area contributed by atoms with Gasteiger partial charge in [0.2, 0.25) is 5.88 Å². The van der Waals surface area contributed by atoms with Gasteiger partial charge in [0.05, 0.1) is 23.7 Å². The molecule has 4 rings (SSSR count). The summed E-state index contributed by atoms with van der Waals surface area (Å²) in [6.45, 7) is 2.34. The Hall–Kier alpha value is -3.51. The highest BCUT2D eigenvalue weighted by molar-refractivity contribution is 6.50. The monoisotopic (exact) mass is 404 g/mol. The number of hydrogen-bond donors (Lipinski definition) is 2. The molecule has 0 radical (unpaired) electrons. The van der Waals surface area contributed by atoms with Gasteiger partial charge < -0.3 is 4.74 Å². The van der Waals surface area contributed by atoms with Crippen LogP contribution in [0.1, 0.15) is 12.5 Å². The molecular weight excluding hydrogens is 388 g/mol. The summed E-state index contributed by atoms with van der Waals surface area (Å²) in [5, 5.41) is 16.9. The molecule has 144 valence electrons. The SMILES string of the molecule is CCOc1ccc2cc(C3=CC(=N)C(=N)C=C3)c(=O)n(-c3ccc(Cl)cc3)c2n1. The van der Waals surface area contributed by atoms with Crippen LogP contribution in [0.5, 0.6) is 5.88 Å². The second kappa shape index (κ2) is 7.48. The second-order valence-electron chi connectivity index (χ2n) is 6.43. The molecule has 1 aliphatic carbocycles. The Bertz CT molecular complexity index is 1270. The summed E-state index contributed by atoms with van der Waals surface area (Å²) >= 11 is 6.02. The summed E-state index contributed by atoms with van der Waals surface area (Å²) in [4.78, 5) is 18.0. The number of benzene rings is 1. The van der Waals surface area contributed by atoms with Gasteiger partial charge in [0, 0.05) is 22.0 Å². The third-order valence-corrected chi connectivity index (χ3v) is 4.78. The van der Waals surface area contributed by atoms with Crippen LogP contribution in [0.15, 0.2) is 65.5 Å². The summed E-state index contributed by atoms with van der Waals surface area (Å²) in [5.74, 6) is 0.432. The van der Waals surface area contributed by atoms with Gasteiger partial charge in [0.1, 0.15) is 0 Å². The van der Waals surface area contributed by atoms with Crippen LogP contribution < -0.4 is 10.3 Å². The summed E-state index contributed by atoms with van der Waals surface area (Å²) in [6.07, 6.45) is 4.72. The number of rotatable bonds is 4. The number of halogens is 1. The zero-order chi connectivity index (χ0) is 20.5. The number of pyridine rings is 2. The number of ether oxygens (including phenoxy) is 1. The minimum absolute atomic E-state index is 0.0601. The van der Waals surface area contributed by atoms with Gasteiger partial charge in [-0.05, 0) is 61.0 Å². The lowest BCUT2D eigenvalue weighted by molar-refractivity contribution is 0.328. The fourth-order valence-electron chi connectivity index (χ4n) is 3.14. The van der Waals surface area contributed by atoms with E-state index in [0.717, 1.165) is 5.39 Å². The molecule has 0 saturated heterocycles. The maximum Gasteiger partial charge on any atom is 0.264 e. The largest absolute Gasteiger partial charge is 0.478 e. The number of nitrogens with one attached hydrogen (secondary N) is 2. The molecule has 0 fully saturated rings. The van der Waals surface area contributed by atoms with Crippen molar-refractivity contribution in [3.05, 3.63) is 81.6 Å². The molecular formula is C22H17ClN4O2. The first kappa shape index (κ1) is 18.8. The number of allylic oxidation sites excluding steroid dienone is 4. The van der Waals surface area contributed by atoms with Crippen LogP contribution in [0, 0.1) is 10.8 Å². The summed E-state index contributed by atoms with van der Waals surface area (Å²) in [5.41, 5.74) is 1.98. The first-order valence-electron chi connectivity index (χ1n) is 9.01. The van der Waals surface area contributed by atoms with E-state index in [0.29, 0.717) is 40.0 Å². The van der Waals surface area contributed by atoms with Crippen LogP contribution in [0.4, 0.5) is 0 Å². The van der Waals surface area contributed by atoms with Crippen molar-refractivity contribution in [1.29, 1.82) is 10.8 Å². The van der Waals surface area contributed by atoms with E-state index in [1.807, 2.05) is 13.0 Å². The quantitative estimate of drug-likeness (QED) is 0.630. The van der Waals surface area contributed by atoms with Crippen molar-refractivity contribution in [2.75, 3.05) is 6.61 Å². The van der Waals surface area contributed by atoms with Crippen molar-refractivity contribution >= 4 is 39.6 Å². The van der Waals surface area contributed by atoms with Crippen LogP contribution in [-0.2, 0) is 0 Å². The molecule has 2 N–H and O–H groups in total. The Balaban J connectivity index is 2.03. The van der Waals surface area contributed by atoms with E-state index in [-0.39, 0.29) is 17.0 Å². The van der Waals surface area contributed by atoms with E-state index in [9.17, 15) is 4.79 Å². The molecule has 0 bridgehead atoms. The topological polar surface area (TPSA) is 91.8 Å². The molecule has 1 aliphatic rings. The lowest BCUT2D eigenvalue weighted by Gasteiger charge is -2.15. The Morgan fingerprint density at radius 3 is 2.52 bits per heavy atom. The van der Waals surface area contributed by atoms with Crippen LogP contribution in [0.25, 0.3) is 22.3 Å². The molecule has 0 spiro atoms. The third-order valence-electron chi connectivity index (χ3n) is 4.53. The average molecular weight is 405 g/mol. The molecule has 0 unspecified atom stereocenters. The normalized spacial score (nSPS) is 13.7. The van der Waals surface area contributed by atoms with Gasteiger partial charge in [-0.25, -0.2) is 0 Å². The Morgan fingerprint density at radius 1 is 1.07 bits per heavy atom. The van der Waals surface area contributed by atoms with E-state index < -0.39 is 0 Å². The lowest BCUT2D eigenvalue weighted by atomic mass is 9.97. The first-order valence-corrected chi connectivity index (χ1v) is 9.39. The molecule has 2 heterocycles. The van der Waals surface area contributed by atoms with E-state index in [4.69, 9.17) is 27.2 Å². The molecule has 6 nitrogen and oxygen atoms in total. The number of hydrogen-bond acceptors (Lipinski definition) is 5. The Labute approximate surface area is 171 Å². The molecule has 0 aliphatic heterocycles. The standard InChI is InChI=1S/C22H17ClN4O2/c1-2-29-20-10-4-14-11-17(13-3-9-18(24)19(25)12-13)22(28)27(21(14)26-20)16-7-5-15(23)6-8-16/h3-12,24-25H,2H2,1H3. The molecule has 29 heavy (non-hydrogen) atoms. The molecule has 1 aromatic carbocycles. The number of fused-ring (bicyclic) bond motifs is 1. The van der Waals surface area contributed by atoms with Crippen molar-refractivity contribution in [3.8, 4) is 11.6 Å². The number of nitrogens with zero attached hydrogens (tertiary/aromatic N) is 2. The van der Waals surface area contributed by atoms with Crippen molar-refractivity contribution < 1.29 is 4.74 Å². The zero-order valence-electron chi connectivity index (χ0n) is 15.6. The van der Waals surface area contributed by atoms with E-state index in [1.54, 1.807) is 42.5 Å². The fraction of sp³-hybridized carbons (Fsp3) is 0.0909. The van der Waals surface area contributed by atoms with Gasteiger partial charge in [-0.1, -0.05) is 17.7 Å². The van der Waals surface area contributed by atoms with Gasteiger partial charge >= 0.3 is 0 Å². The van der Waals surface area contributed by atoms with Crippen LogP contribution in [0.3, 0.4) is 0 Å². The van der Waals surface area contributed by atoms with Gasteiger partial charge in [-0.15, -0.1) is 0 Å². The highest BCUT2D eigenvalue weighted by Crippen LogP contribution is 2.24. The van der Waals surface area contributed by atoms with Gasteiger partial charge in [0.15, 0.2) is 5.65 Å². The average Bonchev–Trinajstić information content (AvgIpc) is 2.71. The molecule has 3 aromatic rings. The molecule has 0 amide bonds. The maximum atomic E-state index is 13.5. The van der Waals surface area contributed by atoms with Gasteiger partial charge in [0.25, 0.3) is 5.56 Å². The highest BCUT2D eigenvalue weighted by Gasteiger charge is 2.17. The molecule has 7 heteroatoms. The Kier molecular flexibility index (Phi) is 4.86. The summed E-state index contributed by atoms with van der Waals surface area (Å²) in [6, 6.07) is 12.3. The minimum atomic E-state index is -0.280. The smallest absolute Gasteiger partial charge is 0.264 e. The lowest BCUT2D eigenvalue weighted by Crippen LogP contribution is -2.24. The minimum Gasteiger partial charge on any atom is -0.478 e. The van der Waals surface area contributed by atoms with Crippen molar-refractivity contribution in [2.24, 2.45) is 0 Å².